The van der Waals surface area contributed by atoms with E-state index in [1.165, 1.54) is 18.2 Å². The number of halogens is 2. The third-order valence-corrected chi connectivity index (χ3v) is 6.01. The average Bonchev–Trinajstić information content (AvgIpc) is 2.62. The van der Waals surface area contributed by atoms with Crippen molar-refractivity contribution in [3.63, 3.8) is 0 Å². The molecular formula is C18H17Cl2NO5S. The van der Waals surface area contributed by atoms with Gasteiger partial charge in [0.1, 0.15) is 0 Å². The van der Waals surface area contributed by atoms with Crippen LogP contribution in [0.3, 0.4) is 0 Å². The summed E-state index contributed by atoms with van der Waals surface area (Å²) in [7, 11) is -3.82. The number of rotatable bonds is 7. The SMILES string of the molecule is Cc1ccccc1NC(=O)COC(=O)CCS(=O)(=O)c1cc(Cl)ccc1Cl. The highest BCUT2D eigenvalue weighted by Crippen LogP contribution is 2.26. The van der Waals surface area contributed by atoms with Crippen molar-refractivity contribution in [1.29, 1.82) is 0 Å². The van der Waals surface area contributed by atoms with Gasteiger partial charge in [0.15, 0.2) is 16.4 Å². The summed E-state index contributed by atoms with van der Waals surface area (Å²) < 4.78 is 29.4. The van der Waals surface area contributed by atoms with E-state index in [-0.39, 0.29) is 14.9 Å². The number of hydrogen-bond donors (Lipinski definition) is 1. The summed E-state index contributed by atoms with van der Waals surface area (Å²) in [6.45, 7) is 1.32. The Kier molecular flexibility index (Phi) is 7.24. The zero-order chi connectivity index (χ0) is 20.0. The third-order valence-electron chi connectivity index (χ3n) is 3.59. The molecule has 2 rings (SSSR count). The van der Waals surface area contributed by atoms with Crippen molar-refractivity contribution in [2.45, 2.75) is 18.2 Å². The highest BCUT2D eigenvalue weighted by Gasteiger charge is 2.21. The predicted octanol–water partition coefficient (Wildman–Crippen LogP) is 3.65. The summed E-state index contributed by atoms with van der Waals surface area (Å²) in [5.74, 6) is -1.83. The van der Waals surface area contributed by atoms with Crippen molar-refractivity contribution in [3.8, 4) is 0 Å². The van der Waals surface area contributed by atoms with Crippen molar-refractivity contribution < 1.29 is 22.7 Å². The lowest BCUT2D eigenvalue weighted by atomic mass is 10.2. The van der Waals surface area contributed by atoms with Crippen LogP contribution in [-0.2, 0) is 24.2 Å². The Hall–Kier alpha value is -2.09. The Morgan fingerprint density at radius 3 is 2.52 bits per heavy atom. The molecule has 144 valence electrons. The van der Waals surface area contributed by atoms with Gasteiger partial charge in [0.25, 0.3) is 5.91 Å². The fourth-order valence-corrected chi connectivity index (χ4v) is 4.19. The van der Waals surface area contributed by atoms with Crippen LogP contribution >= 0.6 is 23.2 Å². The van der Waals surface area contributed by atoms with Crippen LogP contribution in [0.2, 0.25) is 10.0 Å². The van der Waals surface area contributed by atoms with E-state index in [9.17, 15) is 18.0 Å². The summed E-state index contributed by atoms with van der Waals surface area (Å²) in [5, 5.41) is 2.85. The number of benzene rings is 2. The number of esters is 1. The first-order valence-corrected chi connectivity index (χ1v) is 10.3. The minimum Gasteiger partial charge on any atom is -0.456 e. The van der Waals surface area contributed by atoms with Crippen LogP contribution in [0.4, 0.5) is 5.69 Å². The van der Waals surface area contributed by atoms with Gasteiger partial charge in [-0.2, -0.15) is 0 Å². The Balaban J connectivity index is 1.86. The van der Waals surface area contributed by atoms with Crippen molar-refractivity contribution in [2.75, 3.05) is 17.7 Å². The smallest absolute Gasteiger partial charge is 0.307 e. The molecule has 1 N–H and O–H groups in total. The number of sulfone groups is 1. The van der Waals surface area contributed by atoms with Gasteiger partial charge in [-0.1, -0.05) is 41.4 Å². The Morgan fingerprint density at radius 1 is 1.11 bits per heavy atom. The Morgan fingerprint density at radius 2 is 1.81 bits per heavy atom. The second-order valence-corrected chi connectivity index (χ2v) is 8.59. The van der Waals surface area contributed by atoms with Crippen LogP contribution in [0.15, 0.2) is 47.4 Å². The fourth-order valence-electron chi connectivity index (χ4n) is 2.16. The van der Waals surface area contributed by atoms with E-state index in [1.54, 1.807) is 12.1 Å². The number of hydrogen-bond acceptors (Lipinski definition) is 5. The summed E-state index contributed by atoms with van der Waals surface area (Å²) in [5.41, 5.74) is 1.47. The molecule has 0 atom stereocenters. The van der Waals surface area contributed by atoms with E-state index in [1.807, 2.05) is 19.1 Å². The molecule has 2 aromatic carbocycles. The molecule has 0 aliphatic heterocycles. The van der Waals surface area contributed by atoms with Gasteiger partial charge < -0.3 is 10.1 Å². The molecule has 0 spiro atoms. The Labute approximate surface area is 167 Å². The van der Waals surface area contributed by atoms with Crippen LogP contribution in [0.25, 0.3) is 0 Å². The number of ether oxygens (including phenoxy) is 1. The van der Waals surface area contributed by atoms with Crippen molar-refractivity contribution in [1.82, 2.24) is 0 Å². The molecule has 9 heteroatoms. The number of aryl methyl sites for hydroxylation is 1. The van der Waals surface area contributed by atoms with E-state index in [2.05, 4.69) is 5.32 Å². The first kappa shape index (κ1) is 21.2. The highest BCUT2D eigenvalue weighted by atomic mass is 35.5. The lowest BCUT2D eigenvalue weighted by Crippen LogP contribution is -2.22. The second-order valence-electron chi connectivity index (χ2n) is 5.67. The van der Waals surface area contributed by atoms with Crippen LogP contribution in [0, 0.1) is 6.92 Å². The molecule has 0 aliphatic carbocycles. The first-order chi connectivity index (χ1) is 12.7. The molecule has 1 amide bonds. The van der Waals surface area contributed by atoms with Crippen molar-refractivity contribution in [2.24, 2.45) is 0 Å². The van der Waals surface area contributed by atoms with Gasteiger partial charge in [-0.3, -0.25) is 9.59 Å². The number of amides is 1. The molecule has 0 aromatic heterocycles. The van der Waals surface area contributed by atoms with Crippen LogP contribution in [-0.4, -0.2) is 32.7 Å². The van der Waals surface area contributed by atoms with Gasteiger partial charge in [0, 0.05) is 10.7 Å². The molecule has 27 heavy (non-hydrogen) atoms. The van der Waals surface area contributed by atoms with Gasteiger partial charge >= 0.3 is 5.97 Å². The minimum atomic E-state index is -3.82. The van der Waals surface area contributed by atoms with E-state index < -0.39 is 40.5 Å². The van der Waals surface area contributed by atoms with Crippen LogP contribution in [0.1, 0.15) is 12.0 Å². The number of para-hydroxylation sites is 1. The molecular weight excluding hydrogens is 413 g/mol. The molecule has 0 aliphatic rings. The summed E-state index contributed by atoms with van der Waals surface area (Å²) in [6, 6.07) is 11.2. The monoisotopic (exact) mass is 429 g/mol. The topological polar surface area (TPSA) is 89.5 Å². The van der Waals surface area contributed by atoms with Gasteiger partial charge in [0.05, 0.1) is 22.1 Å². The van der Waals surface area contributed by atoms with Gasteiger partial charge in [0.2, 0.25) is 0 Å². The molecule has 2 aromatic rings. The minimum absolute atomic E-state index is 0.0189. The highest BCUT2D eigenvalue weighted by molar-refractivity contribution is 7.91. The summed E-state index contributed by atoms with van der Waals surface area (Å²) in [4.78, 5) is 23.5. The number of carbonyl (C=O) groups excluding carboxylic acids is 2. The quantitative estimate of drug-likeness (QED) is 0.678. The maximum Gasteiger partial charge on any atom is 0.307 e. The van der Waals surface area contributed by atoms with E-state index in [0.29, 0.717) is 5.69 Å². The third kappa shape index (κ3) is 6.23. The maximum atomic E-state index is 12.3. The first-order valence-electron chi connectivity index (χ1n) is 7.88. The molecule has 0 saturated carbocycles. The maximum absolute atomic E-state index is 12.3. The largest absolute Gasteiger partial charge is 0.456 e. The number of nitrogens with one attached hydrogen (secondary N) is 1. The van der Waals surface area contributed by atoms with E-state index in [4.69, 9.17) is 27.9 Å². The van der Waals surface area contributed by atoms with Crippen LogP contribution < -0.4 is 5.32 Å². The van der Waals surface area contributed by atoms with E-state index >= 15 is 0 Å². The Bertz CT molecular complexity index is 960. The molecule has 0 unspecified atom stereocenters. The predicted molar refractivity (Wildman–Crippen MR) is 104 cm³/mol. The average molecular weight is 430 g/mol. The van der Waals surface area contributed by atoms with Crippen molar-refractivity contribution >= 4 is 50.6 Å². The zero-order valence-corrected chi connectivity index (χ0v) is 16.7. The number of anilines is 1. The summed E-state index contributed by atoms with van der Waals surface area (Å²) >= 11 is 11.7. The van der Waals surface area contributed by atoms with Crippen LogP contribution in [0.5, 0.6) is 0 Å². The van der Waals surface area contributed by atoms with E-state index in [0.717, 1.165) is 5.56 Å². The lowest BCUT2D eigenvalue weighted by Gasteiger charge is -2.09. The normalized spacial score (nSPS) is 11.1. The molecule has 0 saturated heterocycles. The van der Waals surface area contributed by atoms with Crippen molar-refractivity contribution in [3.05, 3.63) is 58.1 Å². The number of carbonyl (C=O) groups is 2. The van der Waals surface area contributed by atoms with Gasteiger partial charge in [-0.05, 0) is 36.8 Å². The standard InChI is InChI=1S/C18H17Cl2NO5S/c1-12-4-2-3-5-15(12)21-17(22)11-26-18(23)8-9-27(24,25)16-10-13(19)6-7-14(16)20/h2-7,10H,8-9,11H2,1H3,(H,21,22). The molecule has 6 nitrogen and oxygen atoms in total. The molecule has 0 heterocycles. The summed E-state index contributed by atoms with van der Waals surface area (Å²) in [6.07, 6.45) is -0.414. The fraction of sp³-hybridized carbons (Fsp3) is 0.222. The molecule has 0 radical (unpaired) electrons. The molecule has 0 bridgehead atoms. The lowest BCUT2D eigenvalue weighted by molar-refractivity contribution is -0.146. The molecule has 0 fully saturated rings. The second kappa shape index (κ2) is 9.21. The zero-order valence-electron chi connectivity index (χ0n) is 14.4. The van der Waals surface area contributed by atoms with Gasteiger partial charge in [-0.25, -0.2) is 8.42 Å². The van der Waals surface area contributed by atoms with Gasteiger partial charge in [-0.15, -0.1) is 0 Å².